The molecule has 19 heavy (non-hydrogen) atoms. The molecular weight excluding hydrogens is 262 g/mol. The molecule has 6 nitrogen and oxygen atoms in total. The monoisotopic (exact) mass is 281 g/mol. The standard InChI is InChI=1S/C12H19N5OS/c1-4-5-17(7-10(18)14-3)12-15-8(2)6-9(16-12)11(13)19/h6H,4-5,7H2,1-3H3,(H2,13,19)(H,14,18). The first-order valence-corrected chi connectivity index (χ1v) is 6.49. The van der Waals surface area contributed by atoms with Gasteiger partial charge in [0.2, 0.25) is 11.9 Å². The van der Waals surface area contributed by atoms with E-state index in [0.717, 1.165) is 12.1 Å². The highest BCUT2D eigenvalue weighted by molar-refractivity contribution is 7.80. The molecule has 1 rings (SSSR count). The lowest BCUT2D eigenvalue weighted by molar-refractivity contribution is -0.119. The maximum atomic E-state index is 11.5. The number of amides is 1. The van der Waals surface area contributed by atoms with Crippen LogP contribution in [-0.4, -0.2) is 41.0 Å². The number of carbonyl (C=O) groups is 1. The Morgan fingerprint density at radius 1 is 1.53 bits per heavy atom. The Labute approximate surface area is 118 Å². The first-order valence-electron chi connectivity index (χ1n) is 6.09. The van der Waals surface area contributed by atoms with E-state index in [1.54, 1.807) is 13.1 Å². The molecule has 0 aromatic carbocycles. The number of hydrogen-bond acceptors (Lipinski definition) is 5. The van der Waals surface area contributed by atoms with E-state index in [1.807, 2.05) is 18.7 Å². The Kier molecular flexibility index (Phi) is 5.62. The van der Waals surface area contributed by atoms with Gasteiger partial charge in [-0.2, -0.15) is 0 Å². The number of hydrogen-bond donors (Lipinski definition) is 2. The maximum Gasteiger partial charge on any atom is 0.239 e. The normalized spacial score (nSPS) is 10.1. The molecular formula is C12H19N5OS. The van der Waals surface area contributed by atoms with Crippen LogP contribution in [0.5, 0.6) is 0 Å². The minimum Gasteiger partial charge on any atom is -0.388 e. The zero-order valence-corrected chi connectivity index (χ0v) is 12.3. The van der Waals surface area contributed by atoms with Gasteiger partial charge in [0.1, 0.15) is 10.7 Å². The van der Waals surface area contributed by atoms with Gasteiger partial charge in [0.15, 0.2) is 0 Å². The zero-order valence-electron chi connectivity index (χ0n) is 11.4. The minimum absolute atomic E-state index is 0.0876. The number of rotatable bonds is 6. The second kappa shape index (κ2) is 6.98. The number of nitrogens with one attached hydrogen (secondary N) is 1. The van der Waals surface area contributed by atoms with Gasteiger partial charge in [-0.05, 0) is 19.4 Å². The highest BCUT2D eigenvalue weighted by Crippen LogP contribution is 2.11. The number of aromatic nitrogens is 2. The first kappa shape index (κ1) is 15.3. The van der Waals surface area contributed by atoms with Gasteiger partial charge in [-0.15, -0.1) is 0 Å². The quantitative estimate of drug-likeness (QED) is 0.734. The van der Waals surface area contributed by atoms with E-state index < -0.39 is 0 Å². The summed E-state index contributed by atoms with van der Waals surface area (Å²) in [5, 5.41) is 2.59. The fraction of sp³-hybridized carbons (Fsp3) is 0.500. The van der Waals surface area contributed by atoms with Crippen molar-refractivity contribution in [2.45, 2.75) is 20.3 Å². The van der Waals surface area contributed by atoms with Gasteiger partial charge in [-0.3, -0.25) is 4.79 Å². The lowest BCUT2D eigenvalue weighted by Gasteiger charge is -2.21. The number of nitrogens with zero attached hydrogens (tertiary/aromatic N) is 3. The lowest BCUT2D eigenvalue weighted by Crippen LogP contribution is -2.37. The van der Waals surface area contributed by atoms with Crippen LogP contribution in [-0.2, 0) is 4.79 Å². The summed E-state index contributed by atoms with van der Waals surface area (Å²) in [6.45, 7) is 4.77. The second-order valence-electron chi connectivity index (χ2n) is 4.15. The summed E-state index contributed by atoms with van der Waals surface area (Å²) in [6, 6.07) is 1.73. The van der Waals surface area contributed by atoms with Crippen molar-refractivity contribution in [2.75, 3.05) is 25.0 Å². The van der Waals surface area contributed by atoms with Crippen molar-refractivity contribution in [2.24, 2.45) is 5.73 Å². The molecule has 104 valence electrons. The largest absolute Gasteiger partial charge is 0.388 e. The first-order chi connectivity index (χ1) is 8.97. The van der Waals surface area contributed by atoms with E-state index in [9.17, 15) is 4.79 Å². The Hall–Kier alpha value is -1.76. The van der Waals surface area contributed by atoms with Gasteiger partial charge in [-0.25, -0.2) is 9.97 Å². The van der Waals surface area contributed by atoms with Crippen LogP contribution in [0, 0.1) is 6.92 Å². The molecule has 0 radical (unpaired) electrons. The molecule has 0 aliphatic rings. The molecule has 0 bridgehead atoms. The van der Waals surface area contributed by atoms with Crippen molar-refractivity contribution in [3.05, 3.63) is 17.5 Å². The summed E-state index contributed by atoms with van der Waals surface area (Å²) in [5.74, 6) is 0.392. The molecule has 0 spiro atoms. The number of nitrogens with two attached hydrogens (primary N) is 1. The zero-order chi connectivity index (χ0) is 14.4. The van der Waals surface area contributed by atoms with Gasteiger partial charge < -0.3 is 16.0 Å². The number of likely N-dealkylation sites (N-methyl/N-ethyl adjacent to an activating group) is 1. The van der Waals surface area contributed by atoms with E-state index in [1.165, 1.54) is 0 Å². The minimum atomic E-state index is -0.0876. The number of thiocarbonyl (C=S) groups is 1. The fourth-order valence-corrected chi connectivity index (χ4v) is 1.70. The molecule has 1 aromatic heterocycles. The molecule has 3 N–H and O–H groups in total. The van der Waals surface area contributed by atoms with Crippen LogP contribution in [0.25, 0.3) is 0 Å². The SMILES string of the molecule is CCCN(CC(=O)NC)c1nc(C)cc(C(N)=S)n1. The van der Waals surface area contributed by atoms with Gasteiger partial charge in [0.25, 0.3) is 0 Å². The summed E-state index contributed by atoms with van der Waals surface area (Å²) in [4.78, 5) is 22.2. The third-order valence-corrected chi connectivity index (χ3v) is 2.69. The lowest BCUT2D eigenvalue weighted by atomic mass is 10.3. The molecule has 0 unspecified atom stereocenters. The number of carbonyl (C=O) groups excluding carboxylic acids is 1. The van der Waals surface area contributed by atoms with Crippen molar-refractivity contribution >= 4 is 29.1 Å². The van der Waals surface area contributed by atoms with E-state index in [2.05, 4.69) is 15.3 Å². The summed E-state index contributed by atoms with van der Waals surface area (Å²) in [6.07, 6.45) is 0.886. The Morgan fingerprint density at radius 3 is 2.74 bits per heavy atom. The Balaban J connectivity index is 3.07. The van der Waals surface area contributed by atoms with Crippen LogP contribution in [0.15, 0.2) is 6.07 Å². The number of aryl methyl sites for hydroxylation is 1. The van der Waals surface area contributed by atoms with Gasteiger partial charge in [0, 0.05) is 19.3 Å². The third-order valence-electron chi connectivity index (χ3n) is 2.48. The van der Waals surface area contributed by atoms with Gasteiger partial charge >= 0.3 is 0 Å². The summed E-state index contributed by atoms with van der Waals surface area (Å²) in [7, 11) is 1.60. The third kappa shape index (κ3) is 4.44. The molecule has 1 aromatic rings. The van der Waals surface area contributed by atoms with Gasteiger partial charge in [0.05, 0.1) is 6.54 Å². The van der Waals surface area contributed by atoms with Crippen molar-refractivity contribution in [3.63, 3.8) is 0 Å². The van der Waals surface area contributed by atoms with Crippen LogP contribution in [0.2, 0.25) is 0 Å². The predicted octanol–water partition coefficient (Wildman–Crippen LogP) is 0.382. The van der Waals surface area contributed by atoms with E-state index in [-0.39, 0.29) is 17.4 Å². The Bertz CT molecular complexity index is 477. The molecule has 0 aliphatic heterocycles. The Morgan fingerprint density at radius 2 is 2.21 bits per heavy atom. The summed E-state index contributed by atoms with van der Waals surface area (Å²) >= 11 is 4.93. The van der Waals surface area contributed by atoms with E-state index in [4.69, 9.17) is 18.0 Å². The van der Waals surface area contributed by atoms with E-state index >= 15 is 0 Å². The summed E-state index contributed by atoms with van der Waals surface area (Å²) in [5.41, 5.74) is 6.89. The van der Waals surface area contributed by atoms with Crippen LogP contribution < -0.4 is 16.0 Å². The highest BCUT2D eigenvalue weighted by Gasteiger charge is 2.14. The van der Waals surface area contributed by atoms with Crippen LogP contribution >= 0.6 is 12.2 Å². The van der Waals surface area contributed by atoms with Crippen molar-refractivity contribution < 1.29 is 4.79 Å². The van der Waals surface area contributed by atoms with Crippen LogP contribution in [0.3, 0.4) is 0 Å². The molecule has 1 amide bonds. The average molecular weight is 281 g/mol. The predicted molar refractivity (Wildman–Crippen MR) is 79.2 cm³/mol. The fourth-order valence-electron chi connectivity index (χ4n) is 1.59. The van der Waals surface area contributed by atoms with Crippen molar-refractivity contribution in [3.8, 4) is 0 Å². The molecule has 0 fully saturated rings. The van der Waals surface area contributed by atoms with Crippen LogP contribution in [0.4, 0.5) is 5.95 Å². The average Bonchev–Trinajstić information content (AvgIpc) is 2.37. The van der Waals surface area contributed by atoms with Crippen molar-refractivity contribution in [1.29, 1.82) is 0 Å². The van der Waals surface area contributed by atoms with Gasteiger partial charge in [-0.1, -0.05) is 19.1 Å². The van der Waals surface area contributed by atoms with Crippen LogP contribution in [0.1, 0.15) is 24.7 Å². The van der Waals surface area contributed by atoms with E-state index in [0.29, 0.717) is 18.2 Å². The molecule has 0 atom stereocenters. The molecule has 1 heterocycles. The highest BCUT2D eigenvalue weighted by atomic mass is 32.1. The molecule has 0 aliphatic carbocycles. The maximum absolute atomic E-state index is 11.5. The van der Waals surface area contributed by atoms with Crippen molar-refractivity contribution in [1.82, 2.24) is 15.3 Å². The second-order valence-corrected chi connectivity index (χ2v) is 4.59. The topological polar surface area (TPSA) is 84.1 Å². The smallest absolute Gasteiger partial charge is 0.239 e. The number of anilines is 1. The molecule has 0 saturated carbocycles. The summed E-state index contributed by atoms with van der Waals surface area (Å²) < 4.78 is 0. The molecule has 0 saturated heterocycles. The molecule has 7 heteroatoms.